The first kappa shape index (κ1) is 19.3. The van der Waals surface area contributed by atoms with Crippen LogP contribution in [0, 0.1) is 0 Å². The van der Waals surface area contributed by atoms with E-state index >= 15 is 0 Å². The molecule has 0 spiro atoms. The van der Waals surface area contributed by atoms with Gasteiger partial charge in [0.05, 0.1) is 21.6 Å². The van der Waals surface area contributed by atoms with Crippen LogP contribution in [-0.4, -0.2) is 59.6 Å². The second-order valence-corrected chi connectivity index (χ2v) is 8.93. The number of aromatic carboxylic acids is 1. The smallest absolute Gasteiger partial charge is 0.335 e. The summed E-state index contributed by atoms with van der Waals surface area (Å²) in [4.78, 5) is 37.5. The Kier molecular flexibility index (Phi) is 4.71. The topological polar surface area (TPSA) is 112 Å². The van der Waals surface area contributed by atoms with Crippen molar-refractivity contribution < 1.29 is 27.9 Å². The van der Waals surface area contributed by atoms with Gasteiger partial charge in [0.2, 0.25) is 10.0 Å². The SMILES string of the molecule is O=C(O)c1cccc(S(=O)(=O)N2CCC(N3C(=O)c4ccccc4C3=O)CC2)c1. The number of fused-ring (bicyclic) bond motifs is 1. The Labute approximate surface area is 167 Å². The summed E-state index contributed by atoms with van der Waals surface area (Å²) in [7, 11) is -3.86. The molecule has 29 heavy (non-hydrogen) atoms. The minimum Gasteiger partial charge on any atom is -0.478 e. The molecule has 1 N–H and O–H groups in total. The predicted octanol–water partition coefficient (Wildman–Crippen LogP) is 1.83. The minimum absolute atomic E-state index is 0.0865. The maximum atomic E-state index is 12.9. The largest absolute Gasteiger partial charge is 0.478 e. The van der Waals surface area contributed by atoms with Gasteiger partial charge in [-0.05, 0) is 43.2 Å². The molecule has 0 unspecified atom stereocenters. The van der Waals surface area contributed by atoms with Crippen molar-refractivity contribution in [1.29, 1.82) is 0 Å². The third kappa shape index (κ3) is 3.22. The quantitative estimate of drug-likeness (QED) is 0.764. The minimum atomic E-state index is -3.86. The van der Waals surface area contributed by atoms with E-state index in [1.54, 1.807) is 24.3 Å². The Balaban J connectivity index is 1.50. The summed E-state index contributed by atoms with van der Waals surface area (Å²) < 4.78 is 27.0. The first-order chi connectivity index (χ1) is 13.8. The standard InChI is InChI=1S/C20H18N2O6S/c23-18-16-6-1-2-7-17(16)19(24)22(18)14-8-10-21(11-9-14)29(27,28)15-5-3-4-13(12-15)20(25)26/h1-7,12,14H,8-11H2,(H,25,26). The van der Waals surface area contributed by atoms with Gasteiger partial charge in [-0.3, -0.25) is 14.5 Å². The lowest BCUT2D eigenvalue weighted by Crippen LogP contribution is -2.48. The second-order valence-electron chi connectivity index (χ2n) is 6.99. The molecule has 2 aliphatic rings. The summed E-state index contributed by atoms with van der Waals surface area (Å²) in [5, 5.41) is 9.09. The van der Waals surface area contributed by atoms with E-state index in [0.29, 0.717) is 24.0 Å². The fraction of sp³-hybridized carbons (Fsp3) is 0.250. The van der Waals surface area contributed by atoms with Crippen LogP contribution in [0.1, 0.15) is 43.9 Å². The van der Waals surface area contributed by atoms with Gasteiger partial charge in [-0.2, -0.15) is 4.31 Å². The molecular formula is C20H18N2O6S. The molecular weight excluding hydrogens is 396 g/mol. The Morgan fingerprint density at radius 2 is 1.52 bits per heavy atom. The van der Waals surface area contributed by atoms with E-state index in [1.807, 2.05) is 0 Å². The lowest BCUT2D eigenvalue weighted by molar-refractivity contribution is 0.0535. The summed E-state index contributed by atoms with van der Waals surface area (Å²) in [5.41, 5.74) is 0.642. The summed E-state index contributed by atoms with van der Waals surface area (Å²) in [6.07, 6.45) is 0.645. The average molecular weight is 414 g/mol. The van der Waals surface area contributed by atoms with Crippen molar-refractivity contribution in [3.63, 3.8) is 0 Å². The van der Waals surface area contributed by atoms with Crippen LogP contribution in [0.25, 0.3) is 0 Å². The number of hydrogen-bond donors (Lipinski definition) is 1. The number of carbonyl (C=O) groups is 3. The monoisotopic (exact) mass is 414 g/mol. The predicted molar refractivity (Wildman–Crippen MR) is 102 cm³/mol. The zero-order valence-corrected chi connectivity index (χ0v) is 16.1. The van der Waals surface area contributed by atoms with Gasteiger partial charge in [0.25, 0.3) is 11.8 Å². The molecule has 2 amide bonds. The third-order valence-electron chi connectivity index (χ3n) is 5.33. The third-order valence-corrected chi connectivity index (χ3v) is 7.23. The molecule has 9 heteroatoms. The Morgan fingerprint density at radius 3 is 2.07 bits per heavy atom. The molecule has 2 aromatic rings. The molecule has 4 rings (SSSR count). The van der Waals surface area contributed by atoms with Gasteiger partial charge in [0.1, 0.15) is 0 Å². The lowest BCUT2D eigenvalue weighted by atomic mass is 10.1. The highest BCUT2D eigenvalue weighted by Gasteiger charge is 2.42. The van der Waals surface area contributed by atoms with Crippen LogP contribution in [0.5, 0.6) is 0 Å². The number of carbonyl (C=O) groups excluding carboxylic acids is 2. The van der Waals surface area contributed by atoms with E-state index in [0.717, 1.165) is 6.07 Å². The Morgan fingerprint density at radius 1 is 0.931 bits per heavy atom. The molecule has 0 aromatic heterocycles. The van der Waals surface area contributed by atoms with Gasteiger partial charge >= 0.3 is 5.97 Å². The first-order valence-corrected chi connectivity index (χ1v) is 10.5. The molecule has 2 heterocycles. The number of carboxylic acids is 1. The highest BCUT2D eigenvalue weighted by atomic mass is 32.2. The number of hydrogen-bond acceptors (Lipinski definition) is 5. The van der Waals surface area contributed by atoms with Crippen LogP contribution in [0.4, 0.5) is 0 Å². The number of carboxylic acid groups (broad SMARTS) is 1. The maximum absolute atomic E-state index is 12.9. The van der Waals surface area contributed by atoms with Gasteiger partial charge in [-0.15, -0.1) is 0 Å². The van der Waals surface area contributed by atoms with Crippen LogP contribution in [-0.2, 0) is 10.0 Å². The molecule has 0 saturated carbocycles. The molecule has 2 aliphatic heterocycles. The second kappa shape index (κ2) is 7.09. The Bertz CT molecular complexity index is 1080. The number of benzene rings is 2. The van der Waals surface area contributed by atoms with Crippen molar-refractivity contribution in [2.75, 3.05) is 13.1 Å². The van der Waals surface area contributed by atoms with Crippen LogP contribution >= 0.6 is 0 Å². The summed E-state index contributed by atoms with van der Waals surface area (Å²) in [6, 6.07) is 11.5. The zero-order valence-electron chi connectivity index (χ0n) is 15.3. The normalized spacial score (nSPS) is 18.1. The molecule has 0 aliphatic carbocycles. The first-order valence-electron chi connectivity index (χ1n) is 9.11. The van der Waals surface area contributed by atoms with Gasteiger partial charge in [-0.1, -0.05) is 18.2 Å². The van der Waals surface area contributed by atoms with Crippen molar-refractivity contribution >= 4 is 27.8 Å². The molecule has 2 aromatic carbocycles. The number of nitrogens with zero attached hydrogens (tertiary/aromatic N) is 2. The fourth-order valence-corrected chi connectivity index (χ4v) is 5.34. The molecule has 0 atom stereocenters. The van der Waals surface area contributed by atoms with Crippen LogP contribution in [0.3, 0.4) is 0 Å². The van der Waals surface area contributed by atoms with Crippen molar-refractivity contribution in [2.24, 2.45) is 0 Å². The van der Waals surface area contributed by atoms with E-state index in [1.165, 1.54) is 27.4 Å². The molecule has 8 nitrogen and oxygen atoms in total. The Hall–Kier alpha value is -3.04. The number of sulfonamides is 1. The van der Waals surface area contributed by atoms with E-state index in [4.69, 9.17) is 5.11 Å². The van der Waals surface area contributed by atoms with Crippen LogP contribution in [0.2, 0.25) is 0 Å². The molecule has 1 saturated heterocycles. The van der Waals surface area contributed by atoms with Gasteiger partial charge in [-0.25, -0.2) is 13.2 Å². The van der Waals surface area contributed by atoms with Crippen molar-refractivity contribution in [2.45, 2.75) is 23.8 Å². The number of imide groups is 1. The van der Waals surface area contributed by atoms with E-state index in [-0.39, 0.29) is 41.4 Å². The molecule has 1 fully saturated rings. The van der Waals surface area contributed by atoms with Crippen molar-refractivity contribution in [3.8, 4) is 0 Å². The average Bonchev–Trinajstić information content (AvgIpc) is 2.99. The summed E-state index contributed by atoms with van der Waals surface area (Å²) in [6.45, 7) is 0.273. The molecule has 150 valence electrons. The van der Waals surface area contributed by atoms with Gasteiger partial charge in [0.15, 0.2) is 0 Å². The zero-order chi connectivity index (χ0) is 20.8. The fourth-order valence-electron chi connectivity index (χ4n) is 3.82. The lowest BCUT2D eigenvalue weighted by Gasteiger charge is -2.35. The van der Waals surface area contributed by atoms with Crippen LogP contribution in [0.15, 0.2) is 53.4 Å². The van der Waals surface area contributed by atoms with E-state index in [9.17, 15) is 22.8 Å². The van der Waals surface area contributed by atoms with E-state index < -0.39 is 16.0 Å². The summed E-state index contributed by atoms with van der Waals surface area (Å²) in [5.74, 6) is -1.89. The van der Waals surface area contributed by atoms with Crippen LogP contribution < -0.4 is 0 Å². The summed E-state index contributed by atoms with van der Waals surface area (Å²) >= 11 is 0. The number of amides is 2. The molecule has 0 bridgehead atoms. The number of rotatable bonds is 4. The molecule has 0 radical (unpaired) electrons. The van der Waals surface area contributed by atoms with Crippen molar-refractivity contribution in [3.05, 3.63) is 65.2 Å². The van der Waals surface area contributed by atoms with Gasteiger partial charge in [0, 0.05) is 19.1 Å². The maximum Gasteiger partial charge on any atom is 0.335 e. The number of piperidine rings is 1. The highest BCUT2D eigenvalue weighted by molar-refractivity contribution is 7.89. The van der Waals surface area contributed by atoms with Gasteiger partial charge < -0.3 is 5.11 Å². The van der Waals surface area contributed by atoms with E-state index in [2.05, 4.69) is 0 Å². The van der Waals surface area contributed by atoms with Crippen molar-refractivity contribution in [1.82, 2.24) is 9.21 Å². The highest BCUT2D eigenvalue weighted by Crippen LogP contribution is 2.30.